The molecule has 0 unspecified atom stereocenters. The van der Waals surface area contributed by atoms with Crippen molar-refractivity contribution in [3.63, 3.8) is 0 Å². The molecule has 1 amide bonds. The SMILES string of the molecule is COc1ccc2c(c1)c(CC(=O)NCCC[Se]C(F)(F)F)c(C)n2C(=O)c1ccc(Cl)cc1. The molecular weight excluding hydrogens is 524 g/mol. The predicted octanol–water partition coefficient (Wildman–Crippen LogP) is 4.99. The number of carbonyl (C=O) groups excluding carboxylic acids is 2. The maximum atomic E-state index is 13.3. The van der Waals surface area contributed by atoms with Crippen LogP contribution >= 0.6 is 11.6 Å². The molecule has 0 atom stereocenters. The minimum absolute atomic E-state index is 0.0131. The fourth-order valence-corrected chi connectivity index (χ4v) is 4.72. The summed E-state index contributed by atoms with van der Waals surface area (Å²) in [7, 11) is 1.53. The Hall–Kier alpha value is -2.48. The summed E-state index contributed by atoms with van der Waals surface area (Å²) in [4.78, 5) is 25.8. The fourth-order valence-electron chi connectivity index (χ4n) is 3.51. The van der Waals surface area contributed by atoms with Gasteiger partial charge >= 0.3 is 172 Å². The van der Waals surface area contributed by atoms with Gasteiger partial charge in [-0.15, -0.1) is 0 Å². The summed E-state index contributed by atoms with van der Waals surface area (Å²) in [6.07, 6.45) is 0.246. The van der Waals surface area contributed by atoms with E-state index in [2.05, 4.69) is 5.32 Å². The number of amides is 1. The molecule has 176 valence electrons. The minimum atomic E-state index is -4.13. The summed E-state index contributed by atoms with van der Waals surface area (Å²) in [6.45, 7) is 1.93. The maximum absolute atomic E-state index is 13.3. The van der Waals surface area contributed by atoms with Crippen molar-refractivity contribution in [1.29, 1.82) is 0 Å². The van der Waals surface area contributed by atoms with E-state index in [4.69, 9.17) is 16.3 Å². The Kier molecular flexibility index (Phi) is 8.10. The molecule has 1 N–H and O–H groups in total. The molecule has 3 aromatic rings. The molecule has 1 heterocycles. The van der Waals surface area contributed by atoms with Crippen molar-refractivity contribution in [2.45, 2.75) is 30.2 Å². The molecule has 0 aliphatic heterocycles. The van der Waals surface area contributed by atoms with Crippen LogP contribution in [-0.4, -0.2) is 50.1 Å². The Morgan fingerprint density at radius 1 is 1.15 bits per heavy atom. The van der Waals surface area contributed by atoms with Gasteiger partial charge in [-0.05, 0) is 12.1 Å². The molecule has 5 nitrogen and oxygen atoms in total. The summed E-state index contributed by atoms with van der Waals surface area (Å²) >= 11 is 4.49. The molecule has 3 rings (SSSR count). The molecular formula is C23H22ClF3N2O3Se. The average Bonchev–Trinajstić information content (AvgIpc) is 3.03. The number of rotatable bonds is 8. The smallest absolute Gasteiger partial charge is 0.0843 e. The number of ether oxygens (including phenoxy) is 1. The number of methoxy groups -OCH3 is 1. The quantitative estimate of drug-likeness (QED) is 0.320. The molecule has 2 aromatic carbocycles. The topological polar surface area (TPSA) is 60.3 Å². The number of halogens is 4. The van der Waals surface area contributed by atoms with Crippen LogP contribution in [0.2, 0.25) is 10.3 Å². The van der Waals surface area contributed by atoms with Gasteiger partial charge in [0.1, 0.15) is 0 Å². The third-order valence-electron chi connectivity index (χ3n) is 5.08. The van der Waals surface area contributed by atoms with E-state index in [0.29, 0.717) is 38.5 Å². The number of hydrogen-bond acceptors (Lipinski definition) is 3. The number of nitrogens with one attached hydrogen (secondary N) is 1. The predicted molar refractivity (Wildman–Crippen MR) is 122 cm³/mol. The fraction of sp³-hybridized carbons (Fsp3) is 0.304. The molecule has 0 saturated heterocycles. The van der Waals surface area contributed by atoms with Gasteiger partial charge in [-0.2, -0.15) is 0 Å². The van der Waals surface area contributed by atoms with Crippen molar-refractivity contribution in [3.8, 4) is 5.75 Å². The number of aromatic nitrogens is 1. The summed E-state index contributed by atoms with van der Waals surface area (Å²) in [5.41, 5.74) is 2.33. The third-order valence-corrected chi connectivity index (χ3v) is 7.06. The van der Waals surface area contributed by atoms with Gasteiger partial charge in [0.05, 0.1) is 0 Å². The average molecular weight is 546 g/mol. The molecule has 0 fully saturated rings. The first-order chi connectivity index (χ1) is 15.6. The summed E-state index contributed by atoms with van der Waals surface area (Å²) < 4.78 is 43.7. The zero-order valence-electron chi connectivity index (χ0n) is 18.0. The van der Waals surface area contributed by atoms with E-state index in [1.165, 1.54) is 7.11 Å². The van der Waals surface area contributed by atoms with Crippen LogP contribution in [0.25, 0.3) is 10.9 Å². The van der Waals surface area contributed by atoms with Crippen LogP contribution in [0.15, 0.2) is 42.5 Å². The molecule has 33 heavy (non-hydrogen) atoms. The Morgan fingerprint density at radius 2 is 1.85 bits per heavy atom. The van der Waals surface area contributed by atoms with E-state index in [-0.39, 0.29) is 36.5 Å². The Labute approximate surface area is 200 Å². The monoisotopic (exact) mass is 546 g/mol. The van der Waals surface area contributed by atoms with E-state index in [1.54, 1.807) is 54.0 Å². The zero-order valence-corrected chi connectivity index (χ0v) is 20.4. The summed E-state index contributed by atoms with van der Waals surface area (Å²) in [5, 5.41) is -0.228. The number of alkyl halides is 3. The zero-order chi connectivity index (χ0) is 24.2. The standard InChI is InChI=1S/C23H22ClF3N2O3Se/c1-14-18(13-21(30)28-10-3-11-33-23(25,26)27)19-12-17(32-2)8-9-20(19)29(14)22(31)15-4-6-16(24)7-5-15/h4-9,12H,3,10-11,13H2,1-2H3,(H,28,30). The van der Waals surface area contributed by atoms with E-state index < -0.39 is 20.0 Å². The van der Waals surface area contributed by atoms with E-state index >= 15 is 0 Å². The van der Waals surface area contributed by atoms with E-state index in [0.717, 1.165) is 0 Å². The van der Waals surface area contributed by atoms with Crippen molar-refractivity contribution in [2.24, 2.45) is 0 Å². The van der Waals surface area contributed by atoms with Crippen molar-refractivity contribution in [2.75, 3.05) is 13.7 Å². The second-order valence-electron chi connectivity index (χ2n) is 7.27. The molecule has 0 spiro atoms. The molecule has 10 heteroatoms. The third kappa shape index (κ3) is 6.31. The second-order valence-corrected chi connectivity index (χ2v) is 10.1. The first-order valence-electron chi connectivity index (χ1n) is 10.1. The Bertz CT molecular complexity index is 1160. The Morgan fingerprint density at radius 3 is 2.48 bits per heavy atom. The van der Waals surface area contributed by atoms with Gasteiger partial charge in [0, 0.05) is 5.02 Å². The van der Waals surface area contributed by atoms with E-state index in [9.17, 15) is 22.8 Å². The second kappa shape index (κ2) is 10.6. The number of carbonyl (C=O) groups is 2. The molecule has 0 aliphatic carbocycles. The molecule has 0 radical (unpaired) electrons. The molecule has 0 aliphatic rings. The van der Waals surface area contributed by atoms with Crippen LogP contribution < -0.4 is 10.1 Å². The first kappa shape index (κ1) is 25.1. The molecule has 1 aromatic heterocycles. The van der Waals surface area contributed by atoms with Crippen LogP contribution in [0.5, 0.6) is 5.75 Å². The first-order valence-corrected chi connectivity index (χ1v) is 12.5. The number of nitrogens with zero attached hydrogens (tertiary/aromatic N) is 1. The van der Waals surface area contributed by atoms with Crippen molar-refractivity contribution in [1.82, 2.24) is 9.88 Å². The van der Waals surface area contributed by atoms with Crippen LogP contribution in [-0.2, 0) is 11.2 Å². The Balaban J connectivity index is 1.85. The van der Waals surface area contributed by atoms with Gasteiger partial charge in [-0.25, -0.2) is 0 Å². The van der Waals surface area contributed by atoms with Crippen LogP contribution in [0.3, 0.4) is 0 Å². The van der Waals surface area contributed by atoms with Gasteiger partial charge < -0.3 is 0 Å². The molecule has 0 saturated carbocycles. The van der Waals surface area contributed by atoms with E-state index in [1.807, 2.05) is 0 Å². The van der Waals surface area contributed by atoms with Crippen LogP contribution in [0.4, 0.5) is 13.2 Å². The van der Waals surface area contributed by atoms with Gasteiger partial charge in [-0.3, -0.25) is 0 Å². The molecule has 0 bridgehead atoms. The van der Waals surface area contributed by atoms with Gasteiger partial charge in [-0.1, -0.05) is 11.6 Å². The summed E-state index contributed by atoms with van der Waals surface area (Å²) in [6, 6.07) is 11.8. The minimum Gasteiger partial charge on any atom is -0.0843 e. The van der Waals surface area contributed by atoms with Crippen molar-refractivity contribution >= 4 is 49.3 Å². The van der Waals surface area contributed by atoms with Gasteiger partial charge in [0.25, 0.3) is 0 Å². The number of hydrogen-bond donors (Lipinski definition) is 1. The van der Waals surface area contributed by atoms with Crippen molar-refractivity contribution in [3.05, 3.63) is 64.3 Å². The van der Waals surface area contributed by atoms with Crippen LogP contribution in [0, 0.1) is 6.92 Å². The van der Waals surface area contributed by atoms with Crippen LogP contribution in [0.1, 0.15) is 28.0 Å². The summed E-state index contributed by atoms with van der Waals surface area (Å²) in [5.74, 6) is -0.00609. The normalized spacial score (nSPS) is 11.6. The number of benzene rings is 2. The van der Waals surface area contributed by atoms with Crippen molar-refractivity contribution < 1.29 is 27.5 Å². The van der Waals surface area contributed by atoms with Gasteiger partial charge in [0.15, 0.2) is 0 Å². The van der Waals surface area contributed by atoms with Gasteiger partial charge in [0.2, 0.25) is 0 Å². The number of fused-ring (bicyclic) bond motifs is 1.